The Morgan fingerprint density at radius 1 is 1.00 bits per heavy atom. The van der Waals surface area contributed by atoms with Crippen LogP contribution in [0.5, 0.6) is 0 Å². The average Bonchev–Trinajstić information content (AvgIpc) is 3.17. The number of hydrogen-bond donors (Lipinski definition) is 1. The molecule has 0 atom stereocenters. The third-order valence-corrected chi connectivity index (χ3v) is 5.82. The highest BCUT2D eigenvalue weighted by Crippen LogP contribution is 2.35. The number of halogens is 3. The van der Waals surface area contributed by atoms with Crippen molar-refractivity contribution in [3.8, 4) is 11.3 Å². The van der Waals surface area contributed by atoms with Gasteiger partial charge in [-0.3, -0.25) is 0 Å². The predicted molar refractivity (Wildman–Crippen MR) is 108 cm³/mol. The summed E-state index contributed by atoms with van der Waals surface area (Å²) >= 11 is 1.38. The summed E-state index contributed by atoms with van der Waals surface area (Å²) in [6, 6.07) is 13.7. The van der Waals surface area contributed by atoms with Crippen LogP contribution in [0.15, 0.2) is 53.9 Å². The summed E-state index contributed by atoms with van der Waals surface area (Å²) in [5.41, 5.74) is 2.90. The maximum absolute atomic E-state index is 12.9. The number of nitrogens with zero attached hydrogens (tertiary/aromatic N) is 1. The zero-order valence-electron chi connectivity index (χ0n) is 15.2. The number of rotatable bonds is 4. The van der Waals surface area contributed by atoms with Crippen LogP contribution in [0.25, 0.3) is 11.3 Å². The van der Waals surface area contributed by atoms with Gasteiger partial charge in [-0.1, -0.05) is 30.3 Å². The lowest BCUT2D eigenvalue weighted by Gasteiger charge is -2.21. The van der Waals surface area contributed by atoms with Crippen molar-refractivity contribution in [1.82, 2.24) is 4.98 Å². The van der Waals surface area contributed by atoms with Crippen LogP contribution >= 0.6 is 11.3 Å². The number of aromatic nitrogens is 1. The van der Waals surface area contributed by atoms with Crippen LogP contribution in [0.3, 0.4) is 0 Å². The molecule has 1 aromatic heterocycles. The number of benzene rings is 2. The molecule has 6 heteroatoms. The van der Waals surface area contributed by atoms with Gasteiger partial charge < -0.3 is 5.32 Å². The van der Waals surface area contributed by atoms with Gasteiger partial charge >= 0.3 is 6.18 Å². The van der Waals surface area contributed by atoms with Crippen LogP contribution in [0.1, 0.15) is 42.7 Å². The van der Waals surface area contributed by atoms with Crippen molar-refractivity contribution in [2.24, 2.45) is 0 Å². The Labute approximate surface area is 166 Å². The standard InChI is InChI=1S/C22H20F3N2S/c23-22(24,25)18-7-4-8-19(13-18)26-21-27-20(14-28-21)17-11-9-16(10-12-17)15-5-2-1-3-6-15/h1,4,7-15H,2-3,5-6H2,(H,26,27). The molecule has 145 valence electrons. The summed E-state index contributed by atoms with van der Waals surface area (Å²) in [5, 5.41) is 5.46. The summed E-state index contributed by atoms with van der Waals surface area (Å²) in [6.07, 6.45) is 2.79. The van der Waals surface area contributed by atoms with Crippen molar-refractivity contribution in [1.29, 1.82) is 0 Å². The van der Waals surface area contributed by atoms with E-state index in [2.05, 4.69) is 41.0 Å². The van der Waals surface area contributed by atoms with E-state index < -0.39 is 11.7 Å². The second-order valence-corrected chi connectivity index (χ2v) is 7.86. The van der Waals surface area contributed by atoms with Gasteiger partial charge in [0.15, 0.2) is 5.13 Å². The molecule has 3 aromatic rings. The monoisotopic (exact) mass is 401 g/mol. The highest BCUT2D eigenvalue weighted by molar-refractivity contribution is 7.14. The van der Waals surface area contributed by atoms with E-state index in [0.29, 0.717) is 16.7 Å². The van der Waals surface area contributed by atoms with E-state index in [1.165, 1.54) is 48.6 Å². The van der Waals surface area contributed by atoms with Gasteiger partial charge in [0.2, 0.25) is 0 Å². The van der Waals surface area contributed by atoms with Crippen molar-refractivity contribution < 1.29 is 13.2 Å². The second-order valence-electron chi connectivity index (χ2n) is 7.00. The van der Waals surface area contributed by atoms with Gasteiger partial charge in [-0.05, 0) is 61.8 Å². The molecule has 1 fully saturated rings. The van der Waals surface area contributed by atoms with Crippen molar-refractivity contribution in [3.05, 3.63) is 71.5 Å². The lowest BCUT2D eigenvalue weighted by molar-refractivity contribution is -0.137. The van der Waals surface area contributed by atoms with Crippen LogP contribution in [0.2, 0.25) is 0 Å². The minimum absolute atomic E-state index is 0.375. The Morgan fingerprint density at radius 3 is 2.46 bits per heavy atom. The van der Waals surface area contributed by atoms with Crippen LogP contribution in [-0.2, 0) is 6.18 Å². The fourth-order valence-corrected chi connectivity index (χ4v) is 4.29. The Balaban J connectivity index is 1.47. The molecule has 1 saturated carbocycles. The molecule has 0 unspecified atom stereocenters. The largest absolute Gasteiger partial charge is 0.416 e. The number of hydrogen-bond acceptors (Lipinski definition) is 3. The third kappa shape index (κ3) is 4.38. The fraction of sp³-hybridized carbons (Fsp3) is 0.273. The molecular formula is C22H20F3N2S. The first-order valence-electron chi connectivity index (χ1n) is 9.31. The molecule has 0 amide bonds. The van der Waals surface area contributed by atoms with Crippen LogP contribution in [0.4, 0.5) is 24.0 Å². The summed E-state index contributed by atoms with van der Waals surface area (Å²) in [4.78, 5) is 4.53. The van der Waals surface area contributed by atoms with Crippen molar-refractivity contribution in [2.75, 3.05) is 5.32 Å². The summed E-state index contributed by atoms with van der Waals surface area (Å²) < 4.78 is 38.6. The quantitative estimate of drug-likeness (QED) is 0.491. The number of nitrogens with one attached hydrogen (secondary N) is 1. The minimum atomic E-state index is -4.36. The molecular weight excluding hydrogens is 381 g/mol. The molecule has 0 spiro atoms. The molecule has 2 aromatic carbocycles. The molecule has 1 N–H and O–H groups in total. The van der Waals surface area contributed by atoms with Crippen LogP contribution in [-0.4, -0.2) is 4.98 Å². The molecule has 0 aliphatic heterocycles. The minimum Gasteiger partial charge on any atom is -0.332 e. The van der Waals surface area contributed by atoms with E-state index >= 15 is 0 Å². The molecule has 1 aliphatic rings. The van der Waals surface area contributed by atoms with Gasteiger partial charge in [-0.2, -0.15) is 13.2 Å². The van der Waals surface area contributed by atoms with Gasteiger partial charge in [0.1, 0.15) is 0 Å². The number of anilines is 2. The molecule has 1 aliphatic carbocycles. The van der Waals surface area contributed by atoms with Crippen molar-refractivity contribution in [3.63, 3.8) is 0 Å². The zero-order valence-corrected chi connectivity index (χ0v) is 16.0. The Morgan fingerprint density at radius 2 is 1.75 bits per heavy atom. The lowest BCUT2D eigenvalue weighted by Crippen LogP contribution is -2.05. The number of alkyl halides is 3. The smallest absolute Gasteiger partial charge is 0.332 e. The Bertz CT molecular complexity index is 925. The molecule has 2 nitrogen and oxygen atoms in total. The topological polar surface area (TPSA) is 24.9 Å². The second kappa shape index (κ2) is 7.95. The van der Waals surface area contributed by atoms with Gasteiger partial charge in [0, 0.05) is 16.6 Å². The highest BCUT2D eigenvalue weighted by atomic mass is 32.1. The maximum Gasteiger partial charge on any atom is 0.416 e. The SMILES string of the molecule is FC(F)(F)c1cccc(Nc2nc(-c3ccc(C4CC[CH]CC4)cc3)cs2)c1. The summed E-state index contributed by atoms with van der Waals surface area (Å²) in [6.45, 7) is 0. The van der Waals surface area contributed by atoms with Crippen LogP contribution in [0, 0.1) is 6.42 Å². The first-order valence-corrected chi connectivity index (χ1v) is 10.2. The molecule has 1 heterocycles. The zero-order chi connectivity index (χ0) is 19.6. The molecule has 28 heavy (non-hydrogen) atoms. The molecule has 0 saturated heterocycles. The van der Waals surface area contributed by atoms with E-state index in [1.807, 2.05) is 5.38 Å². The average molecular weight is 401 g/mol. The third-order valence-electron chi connectivity index (χ3n) is 5.06. The van der Waals surface area contributed by atoms with E-state index in [0.717, 1.165) is 23.4 Å². The maximum atomic E-state index is 12.9. The normalized spacial score (nSPS) is 15.5. The Hall–Kier alpha value is -2.34. The molecule has 4 rings (SSSR count). The van der Waals surface area contributed by atoms with Gasteiger partial charge in [0.25, 0.3) is 0 Å². The van der Waals surface area contributed by atoms with Gasteiger partial charge in [-0.15, -0.1) is 11.3 Å². The van der Waals surface area contributed by atoms with Gasteiger partial charge in [0.05, 0.1) is 11.3 Å². The van der Waals surface area contributed by atoms with E-state index in [9.17, 15) is 13.2 Å². The lowest BCUT2D eigenvalue weighted by atomic mass is 9.84. The predicted octanol–water partition coefficient (Wildman–Crippen LogP) is 7.43. The van der Waals surface area contributed by atoms with E-state index in [1.54, 1.807) is 6.07 Å². The van der Waals surface area contributed by atoms with Crippen LogP contribution < -0.4 is 5.32 Å². The Kier molecular flexibility index (Phi) is 5.40. The van der Waals surface area contributed by atoms with Crippen molar-refractivity contribution >= 4 is 22.2 Å². The first-order chi connectivity index (χ1) is 13.5. The fourth-order valence-electron chi connectivity index (χ4n) is 3.55. The van der Waals surface area contributed by atoms with E-state index in [4.69, 9.17) is 0 Å². The van der Waals surface area contributed by atoms with Gasteiger partial charge in [-0.25, -0.2) is 4.98 Å². The molecule has 1 radical (unpaired) electrons. The van der Waals surface area contributed by atoms with Crippen molar-refractivity contribution in [2.45, 2.75) is 37.8 Å². The summed E-state index contributed by atoms with van der Waals surface area (Å²) in [7, 11) is 0. The number of thiazole rings is 1. The summed E-state index contributed by atoms with van der Waals surface area (Å²) in [5.74, 6) is 0.632. The first kappa shape index (κ1) is 19.0. The highest BCUT2D eigenvalue weighted by Gasteiger charge is 2.30. The molecule has 0 bridgehead atoms. The van der Waals surface area contributed by atoms with E-state index in [-0.39, 0.29) is 0 Å².